The van der Waals surface area contributed by atoms with Crippen molar-refractivity contribution in [1.82, 2.24) is 24.1 Å². The van der Waals surface area contributed by atoms with E-state index in [1.807, 2.05) is 0 Å². The van der Waals surface area contributed by atoms with E-state index in [1.54, 1.807) is 11.3 Å². The molecule has 0 saturated heterocycles. The van der Waals surface area contributed by atoms with Crippen LogP contribution < -0.4 is 0 Å². The molecule has 0 bridgehead atoms. The van der Waals surface area contributed by atoms with Crippen LogP contribution in [0.25, 0.3) is 98.2 Å². The van der Waals surface area contributed by atoms with E-state index in [1.165, 1.54) is 30.9 Å². The van der Waals surface area contributed by atoms with Gasteiger partial charge in [0.1, 0.15) is 0 Å². The van der Waals surface area contributed by atoms with Crippen molar-refractivity contribution in [3.63, 3.8) is 0 Å². The summed E-state index contributed by atoms with van der Waals surface area (Å²) in [7, 11) is 0. The number of thiophene rings is 1. The average molecular weight is 670 g/mol. The Labute approximate surface area is 296 Å². The van der Waals surface area contributed by atoms with Gasteiger partial charge >= 0.3 is 0 Å². The van der Waals surface area contributed by atoms with Crippen LogP contribution in [0.4, 0.5) is 0 Å². The van der Waals surface area contributed by atoms with Gasteiger partial charge in [0, 0.05) is 52.8 Å². The third-order valence-corrected chi connectivity index (χ3v) is 11.2. The van der Waals surface area contributed by atoms with E-state index in [4.69, 9.17) is 15.0 Å². The first-order valence-corrected chi connectivity index (χ1v) is 17.9. The molecule has 0 N–H and O–H groups in total. The van der Waals surface area contributed by atoms with E-state index >= 15 is 0 Å². The van der Waals surface area contributed by atoms with Gasteiger partial charge in [-0.3, -0.25) is 4.57 Å². The van der Waals surface area contributed by atoms with Gasteiger partial charge in [-0.1, -0.05) is 115 Å². The summed E-state index contributed by atoms with van der Waals surface area (Å²) in [6, 6.07) is 57.7. The molecule has 6 heteroatoms. The first kappa shape index (κ1) is 28.2. The van der Waals surface area contributed by atoms with Gasteiger partial charge in [0.05, 0.1) is 27.8 Å². The molecule has 0 spiro atoms. The van der Waals surface area contributed by atoms with E-state index in [2.05, 4.69) is 173 Å². The number of fused-ring (bicyclic) bond motifs is 9. The van der Waals surface area contributed by atoms with Gasteiger partial charge in [-0.05, 0) is 48.5 Å². The summed E-state index contributed by atoms with van der Waals surface area (Å²) in [5.41, 5.74) is 7.32. The molecule has 0 aliphatic rings. The molecule has 7 aromatic carbocycles. The SMILES string of the molecule is c1ccc(-n2c3ccccc3c3ccccc32)c(-c2nc(-c3cccc4c3sc3ccccc34)nc(-n3c4ccccc4c4ccccc43)n2)c1. The van der Waals surface area contributed by atoms with Crippen molar-refractivity contribution < 1.29 is 0 Å². The van der Waals surface area contributed by atoms with Crippen LogP contribution in [0.15, 0.2) is 164 Å². The minimum absolute atomic E-state index is 0.586. The molecule has 0 unspecified atom stereocenters. The van der Waals surface area contributed by atoms with E-state index in [9.17, 15) is 0 Å². The summed E-state index contributed by atoms with van der Waals surface area (Å²) in [6.07, 6.45) is 0. The summed E-state index contributed by atoms with van der Waals surface area (Å²) < 4.78 is 6.94. The second kappa shape index (κ2) is 10.9. The zero-order valence-corrected chi connectivity index (χ0v) is 28.0. The molecule has 0 radical (unpaired) electrons. The van der Waals surface area contributed by atoms with Crippen molar-refractivity contribution in [3.8, 4) is 34.4 Å². The van der Waals surface area contributed by atoms with Crippen LogP contribution in [0, 0.1) is 0 Å². The Kier molecular flexibility index (Phi) is 6.05. The Balaban J connectivity index is 1.24. The lowest BCUT2D eigenvalue weighted by molar-refractivity contribution is 0.952. The van der Waals surface area contributed by atoms with Crippen molar-refractivity contribution in [2.75, 3.05) is 0 Å². The lowest BCUT2D eigenvalue weighted by Crippen LogP contribution is -2.07. The maximum Gasteiger partial charge on any atom is 0.238 e. The normalized spacial score (nSPS) is 11.9. The number of hydrogen-bond acceptors (Lipinski definition) is 4. The summed E-state index contributed by atoms with van der Waals surface area (Å²) in [5, 5.41) is 7.19. The number of para-hydroxylation sites is 5. The van der Waals surface area contributed by atoms with Crippen molar-refractivity contribution in [2.24, 2.45) is 0 Å². The van der Waals surface area contributed by atoms with Gasteiger partial charge in [0.2, 0.25) is 5.95 Å². The highest BCUT2D eigenvalue weighted by molar-refractivity contribution is 7.26. The Bertz CT molecular complexity index is 3060. The molecule has 0 saturated carbocycles. The fourth-order valence-electron chi connectivity index (χ4n) is 7.81. The lowest BCUT2D eigenvalue weighted by Gasteiger charge is -2.15. The molecular weight excluding hydrogens is 643 g/mol. The molecule has 0 amide bonds. The molecule has 4 heterocycles. The van der Waals surface area contributed by atoms with E-state index in [0.717, 1.165) is 49.7 Å². The molecule has 0 atom stereocenters. The molecule has 0 aliphatic carbocycles. The van der Waals surface area contributed by atoms with Crippen LogP contribution in [0.2, 0.25) is 0 Å². The highest BCUT2D eigenvalue weighted by atomic mass is 32.1. The molecule has 11 aromatic rings. The monoisotopic (exact) mass is 669 g/mol. The topological polar surface area (TPSA) is 48.5 Å². The predicted octanol–water partition coefficient (Wildman–Crippen LogP) is 11.8. The fraction of sp³-hybridized carbons (Fsp3) is 0. The highest BCUT2D eigenvalue weighted by Gasteiger charge is 2.22. The largest absolute Gasteiger partial charge is 0.309 e. The molecule has 4 aromatic heterocycles. The second-order valence-corrected chi connectivity index (χ2v) is 13.9. The quantitative estimate of drug-likeness (QED) is 0.187. The van der Waals surface area contributed by atoms with Crippen molar-refractivity contribution in [3.05, 3.63) is 164 Å². The number of hydrogen-bond donors (Lipinski definition) is 0. The van der Waals surface area contributed by atoms with Crippen molar-refractivity contribution in [1.29, 1.82) is 0 Å². The maximum atomic E-state index is 5.36. The molecule has 0 aliphatic heterocycles. The minimum Gasteiger partial charge on any atom is -0.309 e. The lowest BCUT2D eigenvalue weighted by atomic mass is 10.1. The van der Waals surface area contributed by atoms with Crippen LogP contribution in [0.3, 0.4) is 0 Å². The zero-order chi connectivity index (χ0) is 33.5. The molecule has 11 rings (SSSR count). The zero-order valence-electron chi connectivity index (χ0n) is 27.2. The first-order valence-electron chi connectivity index (χ1n) is 17.0. The summed E-state index contributed by atoms with van der Waals surface area (Å²) >= 11 is 1.79. The molecule has 5 nitrogen and oxygen atoms in total. The summed E-state index contributed by atoms with van der Waals surface area (Å²) in [5.74, 6) is 1.85. The molecular formula is C45H27N5S. The van der Waals surface area contributed by atoms with Crippen molar-refractivity contribution >= 4 is 75.1 Å². The Morgan fingerprint density at radius 1 is 0.353 bits per heavy atom. The number of benzene rings is 7. The van der Waals surface area contributed by atoms with E-state index in [-0.39, 0.29) is 0 Å². The van der Waals surface area contributed by atoms with E-state index < -0.39 is 0 Å². The smallest absolute Gasteiger partial charge is 0.238 e. The van der Waals surface area contributed by atoms with Gasteiger partial charge in [-0.25, -0.2) is 4.98 Å². The Hall–Kier alpha value is -6.63. The van der Waals surface area contributed by atoms with Crippen LogP contribution in [-0.4, -0.2) is 24.1 Å². The van der Waals surface area contributed by atoms with Gasteiger partial charge in [-0.15, -0.1) is 11.3 Å². The van der Waals surface area contributed by atoms with Gasteiger partial charge < -0.3 is 4.57 Å². The third kappa shape index (κ3) is 4.17. The predicted molar refractivity (Wildman–Crippen MR) is 212 cm³/mol. The Morgan fingerprint density at radius 2 is 0.804 bits per heavy atom. The first-order chi connectivity index (χ1) is 25.3. The summed E-state index contributed by atoms with van der Waals surface area (Å²) in [4.78, 5) is 16.0. The highest BCUT2D eigenvalue weighted by Crippen LogP contribution is 2.41. The third-order valence-electron chi connectivity index (χ3n) is 10.0. The average Bonchev–Trinajstić information content (AvgIpc) is 3.86. The number of nitrogens with zero attached hydrogens (tertiary/aromatic N) is 5. The van der Waals surface area contributed by atoms with Crippen LogP contribution in [0.5, 0.6) is 0 Å². The van der Waals surface area contributed by atoms with Crippen LogP contribution in [-0.2, 0) is 0 Å². The maximum absolute atomic E-state index is 5.36. The van der Waals surface area contributed by atoms with Gasteiger partial charge in [-0.2, -0.15) is 9.97 Å². The van der Waals surface area contributed by atoms with E-state index in [0.29, 0.717) is 17.6 Å². The van der Waals surface area contributed by atoms with Crippen molar-refractivity contribution in [2.45, 2.75) is 0 Å². The Morgan fingerprint density at radius 3 is 1.43 bits per heavy atom. The standard InChI is InChI=1S/C45H27N5S/c1-7-22-36-28(14-1)29-15-2-8-23-37(29)49(36)40-26-11-5-19-34(40)43-46-44(35-21-13-20-33-32-18-6-12-27-41(32)51-42(33)35)48-45(47-43)50-38-24-9-3-16-30(38)31-17-4-10-25-39(31)50/h1-27H. The molecule has 238 valence electrons. The second-order valence-electron chi connectivity index (χ2n) is 12.8. The molecule has 0 fully saturated rings. The summed E-state index contributed by atoms with van der Waals surface area (Å²) in [6.45, 7) is 0. The van der Waals surface area contributed by atoms with Crippen LogP contribution >= 0.6 is 11.3 Å². The fourth-order valence-corrected chi connectivity index (χ4v) is 9.02. The minimum atomic E-state index is 0.586. The number of rotatable bonds is 4. The number of aromatic nitrogens is 5. The van der Waals surface area contributed by atoms with Gasteiger partial charge in [0.15, 0.2) is 11.6 Å². The van der Waals surface area contributed by atoms with Crippen LogP contribution in [0.1, 0.15) is 0 Å². The van der Waals surface area contributed by atoms with Gasteiger partial charge in [0.25, 0.3) is 0 Å². The molecule has 51 heavy (non-hydrogen) atoms.